The van der Waals surface area contributed by atoms with E-state index < -0.39 is 5.60 Å². The van der Waals surface area contributed by atoms with Crippen LogP contribution in [0.15, 0.2) is 85.7 Å². The molecule has 30 heavy (non-hydrogen) atoms. The quantitative estimate of drug-likeness (QED) is 0.333. The van der Waals surface area contributed by atoms with Gasteiger partial charge < -0.3 is 14.0 Å². The van der Waals surface area contributed by atoms with Crippen LogP contribution in [0.25, 0.3) is 0 Å². The summed E-state index contributed by atoms with van der Waals surface area (Å²) in [6.07, 6.45) is 6.37. The molecule has 3 rings (SSSR count). The van der Waals surface area contributed by atoms with Gasteiger partial charge in [-0.25, -0.2) is 4.79 Å². The van der Waals surface area contributed by atoms with Gasteiger partial charge >= 0.3 is 5.97 Å². The number of benzene rings is 2. The molecule has 0 spiro atoms. The summed E-state index contributed by atoms with van der Waals surface area (Å²) in [5, 5.41) is 0. The maximum Gasteiger partial charge on any atom is 0.340 e. The van der Waals surface area contributed by atoms with Gasteiger partial charge in [0.1, 0.15) is 18.0 Å². The number of hydrogen-bond donors (Lipinski definition) is 0. The summed E-state index contributed by atoms with van der Waals surface area (Å²) in [7, 11) is 0. The zero-order valence-electron chi connectivity index (χ0n) is 17.9. The molecule has 0 saturated carbocycles. The number of carbonyl (C=O) groups is 1. The first-order chi connectivity index (χ1) is 14.4. The van der Waals surface area contributed by atoms with Crippen LogP contribution in [0.5, 0.6) is 5.75 Å². The van der Waals surface area contributed by atoms with Gasteiger partial charge in [0.05, 0.1) is 11.6 Å². The molecule has 4 nitrogen and oxygen atoms in total. The second-order valence-corrected chi connectivity index (χ2v) is 8.23. The lowest BCUT2D eigenvalue weighted by molar-refractivity contribution is 0.00695. The standard InChI is InChI=1S/C26H29NO3/c1-5-9-24(27-17-16-22(18-27)25(28)30-26(2,3)4)21-12-14-23(15-13-21)29-19-20-10-7-6-8-11-20/h5-8,10-18,24H,1,9,19H2,2-4H3. The van der Waals surface area contributed by atoms with Gasteiger partial charge in [-0.3, -0.25) is 0 Å². The number of allylic oxidation sites excluding steroid dienone is 1. The molecule has 0 aliphatic heterocycles. The van der Waals surface area contributed by atoms with Crippen LogP contribution in [-0.4, -0.2) is 16.1 Å². The molecule has 0 fully saturated rings. The average Bonchev–Trinajstić information content (AvgIpc) is 3.21. The molecule has 0 bridgehead atoms. The summed E-state index contributed by atoms with van der Waals surface area (Å²) in [5.74, 6) is 0.505. The lowest BCUT2D eigenvalue weighted by atomic mass is 10.0. The molecule has 2 aromatic carbocycles. The Balaban J connectivity index is 1.71. The van der Waals surface area contributed by atoms with Gasteiger partial charge in [0.25, 0.3) is 0 Å². The Morgan fingerprint density at radius 2 is 1.77 bits per heavy atom. The molecule has 0 aliphatic rings. The van der Waals surface area contributed by atoms with Crippen LogP contribution in [-0.2, 0) is 11.3 Å². The topological polar surface area (TPSA) is 40.5 Å². The lowest BCUT2D eigenvalue weighted by Gasteiger charge is -2.20. The molecule has 156 valence electrons. The van der Waals surface area contributed by atoms with Gasteiger partial charge in [0.15, 0.2) is 0 Å². The first kappa shape index (κ1) is 21.4. The van der Waals surface area contributed by atoms with Crippen LogP contribution in [0, 0.1) is 0 Å². The second-order valence-electron chi connectivity index (χ2n) is 8.23. The van der Waals surface area contributed by atoms with Crippen LogP contribution in [0.3, 0.4) is 0 Å². The Bertz CT molecular complexity index is 966. The number of esters is 1. The average molecular weight is 404 g/mol. The Kier molecular flexibility index (Phi) is 6.78. The van der Waals surface area contributed by atoms with Gasteiger partial charge in [-0.2, -0.15) is 0 Å². The predicted molar refractivity (Wildman–Crippen MR) is 120 cm³/mol. The number of aromatic nitrogens is 1. The van der Waals surface area contributed by atoms with Crippen LogP contribution < -0.4 is 4.74 Å². The third-order valence-corrected chi connectivity index (χ3v) is 4.61. The number of ether oxygens (including phenoxy) is 2. The molecule has 3 aromatic rings. The summed E-state index contributed by atoms with van der Waals surface area (Å²) in [4.78, 5) is 12.4. The van der Waals surface area contributed by atoms with Gasteiger partial charge in [-0.05, 0) is 56.5 Å². The maximum absolute atomic E-state index is 12.4. The van der Waals surface area contributed by atoms with Crippen LogP contribution in [0.1, 0.15) is 54.7 Å². The van der Waals surface area contributed by atoms with Crippen molar-refractivity contribution in [2.45, 2.75) is 45.4 Å². The third-order valence-electron chi connectivity index (χ3n) is 4.61. The summed E-state index contributed by atoms with van der Waals surface area (Å²) in [5.41, 5.74) is 2.28. The van der Waals surface area contributed by atoms with Crippen molar-refractivity contribution in [1.29, 1.82) is 0 Å². The number of nitrogens with zero attached hydrogens (tertiary/aromatic N) is 1. The third kappa shape index (κ3) is 5.86. The van der Waals surface area contributed by atoms with E-state index in [0.29, 0.717) is 12.2 Å². The van der Waals surface area contributed by atoms with Gasteiger partial charge in [0, 0.05) is 12.4 Å². The molecular weight excluding hydrogens is 374 g/mol. The van der Waals surface area contributed by atoms with E-state index in [4.69, 9.17) is 9.47 Å². The zero-order valence-corrected chi connectivity index (χ0v) is 17.9. The van der Waals surface area contributed by atoms with E-state index in [1.807, 2.05) is 86.3 Å². The molecule has 0 N–H and O–H groups in total. The molecule has 0 amide bonds. The van der Waals surface area contributed by atoms with E-state index in [2.05, 4.69) is 18.7 Å². The molecule has 1 unspecified atom stereocenters. The molecular formula is C26H29NO3. The molecule has 1 atom stereocenters. The Hall–Kier alpha value is -3.27. The molecule has 1 aromatic heterocycles. The minimum absolute atomic E-state index is 0.0434. The van der Waals surface area contributed by atoms with Crippen molar-refractivity contribution in [1.82, 2.24) is 4.57 Å². The van der Waals surface area contributed by atoms with E-state index in [0.717, 1.165) is 23.3 Å². The number of hydrogen-bond acceptors (Lipinski definition) is 3. The van der Waals surface area contributed by atoms with Gasteiger partial charge in [0.2, 0.25) is 0 Å². The second kappa shape index (κ2) is 9.49. The molecule has 0 radical (unpaired) electrons. The fraction of sp³-hybridized carbons (Fsp3) is 0.269. The smallest absolute Gasteiger partial charge is 0.340 e. The zero-order chi connectivity index (χ0) is 21.6. The van der Waals surface area contributed by atoms with Crippen LogP contribution >= 0.6 is 0 Å². The number of carbonyl (C=O) groups excluding carboxylic acids is 1. The maximum atomic E-state index is 12.4. The largest absolute Gasteiger partial charge is 0.489 e. The minimum Gasteiger partial charge on any atom is -0.489 e. The van der Waals surface area contributed by atoms with Crippen molar-refractivity contribution in [3.8, 4) is 5.75 Å². The SMILES string of the molecule is C=CCC(c1ccc(OCc2ccccc2)cc1)n1ccc(C(=O)OC(C)(C)C)c1. The lowest BCUT2D eigenvalue weighted by Crippen LogP contribution is -2.23. The van der Waals surface area contributed by atoms with E-state index >= 15 is 0 Å². The van der Waals surface area contributed by atoms with Crippen molar-refractivity contribution in [2.75, 3.05) is 0 Å². The van der Waals surface area contributed by atoms with Crippen molar-refractivity contribution < 1.29 is 14.3 Å². The normalized spacial score (nSPS) is 12.2. The molecule has 0 aliphatic carbocycles. The summed E-state index contributed by atoms with van der Waals surface area (Å²) < 4.78 is 13.4. The molecule has 0 saturated heterocycles. The fourth-order valence-electron chi connectivity index (χ4n) is 3.18. The van der Waals surface area contributed by atoms with Gasteiger partial charge in [-0.15, -0.1) is 6.58 Å². The Morgan fingerprint density at radius 1 is 1.07 bits per heavy atom. The summed E-state index contributed by atoms with van der Waals surface area (Å²) in [6, 6.07) is 20.0. The van der Waals surface area contributed by atoms with E-state index in [1.165, 1.54) is 0 Å². The van der Waals surface area contributed by atoms with Gasteiger partial charge in [-0.1, -0.05) is 48.5 Å². The van der Waals surface area contributed by atoms with Crippen molar-refractivity contribution in [3.63, 3.8) is 0 Å². The monoisotopic (exact) mass is 403 g/mol. The van der Waals surface area contributed by atoms with E-state index in [1.54, 1.807) is 6.07 Å². The highest BCUT2D eigenvalue weighted by atomic mass is 16.6. The van der Waals surface area contributed by atoms with Crippen molar-refractivity contribution >= 4 is 5.97 Å². The fourth-order valence-corrected chi connectivity index (χ4v) is 3.18. The van der Waals surface area contributed by atoms with Crippen LogP contribution in [0.2, 0.25) is 0 Å². The van der Waals surface area contributed by atoms with Crippen LogP contribution in [0.4, 0.5) is 0 Å². The van der Waals surface area contributed by atoms with E-state index in [9.17, 15) is 4.79 Å². The highest BCUT2D eigenvalue weighted by Crippen LogP contribution is 2.26. The summed E-state index contributed by atoms with van der Waals surface area (Å²) in [6.45, 7) is 10.0. The first-order valence-corrected chi connectivity index (χ1v) is 10.1. The Morgan fingerprint density at radius 3 is 2.40 bits per heavy atom. The van der Waals surface area contributed by atoms with Crippen molar-refractivity contribution in [2.24, 2.45) is 0 Å². The summed E-state index contributed by atoms with van der Waals surface area (Å²) >= 11 is 0. The predicted octanol–water partition coefficient (Wildman–Crippen LogP) is 6.19. The molecule has 1 heterocycles. The highest BCUT2D eigenvalue weighted by Gasteiger charge is 2.20. The minimum atomic E-state index is -0.519. The Labute approximate surface area is 178 Å². The highest BCUT2D eigenvalue weighted by molar-refractivity contribution is 5.89. The molecule has 4 heteroatoms. The van der Waals surface area contributed by atoms with E-state index in [-0.39, 0.29) is 12.0 Å². The van der Waals surface area contributed by atoms with Crippen molar-refractivity contribution in [3.05, 3.63) is 102 Å². The number of rotatable bonds is 8. The first-order valence-electron chi connectivity index (χ1n) is 10.1.